The maximum atomic E-state index is 13.3. The number of hydrogen-bond donors (Lipinski definition) is 0. The summed E-state index contributed by atoms with van der Waals surface area (Å²) in [6.07, 6.45) is -0.0685. The van der Waals surface area contributed by atoms with Gasteiger partial charge in [-0.2, -0.15) is 5.26 Å². The summed E-state index contributed by atoms with van der Waals surface area (Å²) in [5.41, 5.74) is 3.74. The van der Waals surface area contributed by atoms with Gasteiger partial charge < -0.3 is 9.47 Å². The van der Waals surface area contributed by atoms with Crippen LogP contribution in [0.15, 0.2) is 90.0 Å². The Morgan fingerprint density at radius 2 is 1.74 bits per heavy atom. The number of rotatable bonds is 9. The number of pyridine rings is 1. The van der Waals surface area contributed by atoms with Gasteiger partial charge in [-0.25, -0.2) is 14.7 Å². The summed E-state index contributed by atoms with van der Waals surface area (Å²) in [5, 5.41) is 9.23. The fourth-order valence-electron chi connectivity index (χ4n) is 4.44. The molecule has 0 spiro atoms. The van der Waals surface area contributed by atoms with E-state index in [9.17, 15) is 24.4 Å². The summed E-state index contributed by atoms with van der Waals surface area (Å²) in [6, 6.07) is 25.6. The summed E-state index contributed by atoms with van der Waals surface area (Å²) >= 11 is 1.08. The van der Waals surface area contributed by atoms with E-state index in [1.165, 1.54) is 31.4 Å². The van der Waals surface area contributed by atoms with Gasteiger partial charge in [0.05, 0.1) is 34.9 Å². The van der Waals surface area contributed by atoms with E-state index >= 15 is 0 Å². The minimum Gasteiger partial charge on any atom is -0.497 e. The molecular formula is C33H25N3O6S. The number of carbonyl (C=O) groups excluding carboxylic acids is 4. The zero-order valence-electron chi connectivity index (χ0n) is 23.3. The molecule has 5 rings (SSSR count). The lowest BCUT2D eigenvalue weighted by Gasteiger charge is -2.15. The minimum atomic E-state index is -0.771. The second-order valence-corrected chi connectivity index (χ2v) is 10.9. The lowest BCUT2D eigenvalue weighted by atomic mass is 10.1. The van der Waals surface area contributed by atoms with E-state index < -0.39 is 29.6 Å². The Labute approximate surface area is 252 Å². The molecule has 0 saturated carbocycles. The lowest BCUT2D eigenvalue weighted by molar-refractivity contribution is -0.121. The third kappa shape index (κ3) is 6.47. The molecule has 214 valence electrons. The van der Waals surface area contributed by atoms with Gasteiger partial charge in [-0.3, -0.25) is 14.4 Å². The van der Waals surface area contributed by atoms with Gasteiger partial charge in [-0.05, 0) is 55.5 Å². The zero-order chi connectivity index (χ0) is 30.5. The number of aromatic nitrogens is 1. The monoisotopic (exact) mass is 591 g/mol. The van der Waals surface area contributed by atoms with Crippen molar-refractivity contribution >= 4 is 41.0 Å². The molecule has 10 heteroatoms. The molecule has 4 aromatic rings. The molecule has 2 heterocycles. The van der Waals surface area contributed by atoms with Gasteiger partial charge in [0.2, 0.25) is 11.8 Å². The highest BCUT2D eigenvalue weighted by atomic mass is 32.2. The van der Waals surface area contributed by atoms with E-state index in [0.717, 1.165) is 27.8 Å². The molecule has 1 aromatic heterocycles. The first kappa shape index (κ1) is 29.2. The molecule has 43 heavy (non-hydrogen) atoms. The number of nitrogens with zero attached hydrogens (tertiary/aromatic N) is 3. The Balaban J connectivity index is 1.25. The first-order valence-corrected chi connectivity index (χ1v) is 14.1. The predicted octanol–water partition coefficient (Wildman–Crippen LogP) is 5.40. The SMILES string of the molecule is COc1cccc(C(=O)COC(=O)c2ccc(N3C(=O)CC(Sc4nc(-c5ccc(C)cc5)ccc4C#N)C3=O)cc2)c1. The van der Waals surface area contributed by atoms with Crippen LogP contribution in [-0.2, 0) is 14.3 Å². The molecule has 1 fully saturated rings. The van der Waals surface area contributed by atoms with Crippen LogP contribution in [-0.4, -0.2) is 47.5 Å². The van der Waals surface area contributed by atoms with E-state index in [1.807, 2.05) is 31.2 Å². The van der Waals surface area contributed by atoms with Crippen molar-refractivity contribution in [3.05, 3.63) is 107 Å². The molecule has 0 N–H and O–H groups in total. The van der Waals surface area contributed by atoms with E-state index in [0.29, 0.717) is 33.3 Å². The van der Waals surface area contributed by atoms with E-state index in [-0.39, 0.29) is 17.8 Å². The fourth-order valence-corrected chi connectivity index (χ4v) is 5.54. The van der Waals surface area contributed by atoms with Crippen LogP contribution < -0.4 is 9.64 Å². The maximum Gasteiger partial charge on any atom is 0.338 e. The Hall–Kier alpha value is -5.27. The van der Waals surface area contributed by atoms with Crippen molar-refractivity contribution in [3.8, 4) is 23.1 Å². The topological polar surface area (TPSA) is 127 Å². The molecule has 1 saturated heterocycles. The average Bonchev–Trinajstić information content (AvgIpc) is 3.31. The Morgan fingerprint density at radius 3 is 2.44 bits per heavy atom. The van der Waals surface area contributed by atoms with Crippen LogP contribution in [0.3, 0.4) is 0 Å². The van der Waals surface area contributed by atoms with Gasteiger partial charge in [-0.1, -0.05) is 53.7 Å². The van der Waals surface area contributed by atoms with Gasteiger partial charge >= 0.3 is 5.97 Å². The molecule has 1 aliphatic heterocycles. The van der Waals surface area contributed by atoms with Gasteiger partial charge in [0, 0.05) is 17.5 Å². The smallest absolute Gasteiger partial charge is 0.338 e. The first-order valence-electron chi connectivity index (χ1n) is 13.2. The van der Waals surface area contributed by atoms with Gasteiger partial charge in [0.1, 0.15) is 16.8 Å². The fraction of sp³-hybridized carbons (Fsp3) is 0.152. The lowest BCUT2D eigenvalue weighted by Crippen LogP contribution is -2.31. The average molecular weight is 592 g/mol. The third-order valence-electron chi connectivity index (χ3n) is 6.77. The number of benzene rings is 3. The van der Waals surface area contributed by atoms with Crippen LogP contribution in [0.4, 0.5) is 5.69 Å². The number of ketones is 1. The van der Waals surface area contributed by atoms with Crippen LogP contribution in [0.25, 0.3) is 11.3 Å². The number of nitriles is 1. The number of Topliss-reactive ketones (excluding diaryl/α,β-unsaturated/α-hetero) is 1. The molecule has 1 atom stereocenters. The van der Waals surface area contributed by atoms with Crippen molar-refractivity contribution in [2.24, 2.45) is 0 Å². The number of hydrogen-bond acceptors (Lipinski definition) is 9. The van der Waals surface area contributed by atoms with Crippen LogP contribution in [0.2, 0.25) is 0 Å². The minimum absolute atomic E-state index is 0.0685. The largest absolute Gasteiger partial charge is 0.497 e. The summed E-state index contributed by atoms with van der Waals surface area (Å²) in [6.45, 7) is 1.53. The highest BCUT2D eigenvalue weighted by Gasteiger charge is 2.41. The van der Waals surface area contributed by atoms with Crippen molar-refractivity contribution < 1.29 is 28.7 Å². The second kappa shape index (κ2) is 12.7. The number of methoxy groups -OCH3 is 1. The predicted molar refractivity (Wildman–Crippen MR) is 160 cm³/mol. The molecule has 3 aromatic carbocycles. The van der Waals surface area contributed by atoms with Crippen molar-refractivity contribution in [2.75, 3.05) is 18.6 Å². The van der Waals surface area contributed by atoms with Crippen LogP contribution in [0.5, 0.6) is 5.75 Å². The van der Waals surface area contributed by atoms with Gasteiger partial charge in [0.15, 0.2) is 12.4 Å². The van der Waals surface area contributed by atoms with Crippen LogP contribution in [0, 0.1) is 18.3 Å². The number of carbonyl (C=O) groups is 4. The molecule has 9 nitrogen and oxygen atoms in total. The summed E-state index contributed by atoms with van der Waals surface area (Å²) in [4.78, 5) is 56.9. The molecule has 0 bridgehead atoms. The molecule has 1 aliphatic rings. The number of amides is 2. The highest BCUT2D eigenvalue weighted by Crippen LogP contribution is 2.35. The van der Waals surface area contributed by atoms with Gasteiger partial charge in [0.25, 0.3) is 0 Å². The van der Waals surface area contributed by atoms with Gasteiger partial charge in [-0.15, -0.1) is 0 Å². The number of anilines is 1. The number of imide groups is 1. The number of aryl methyl sites for hydroxylation is 1. The van der Waals surface area contributed by atoms with Crippen LogP contribution >= 0.6 is 11.8 Å². The molecule has 2 amide bonds. The molecule has 0 aliphatic carbocycles. The van der Waals surface area contributed by atoms with Crippen molar-refractivity contribution in [2.45, 2.75) is 23.6 Å². The Bertz CT molecular complexity index is 1760. The first-order chi connectivity index (χ1) is 20.8. The summed E-state index contributed by atoms with van der Waals surface area (Å²) in [7, 11) is 1.49. The van der Waals surface area contributed by atoms with Crippen molar-refractivity contribution in [3.63, 3.8) is 0 Å². The zero-order valence-corrected chi connectivity index (χ0v) is 24.1. The van der Waals surface area contributed by atoms with E-state index in [4.69, 9.17) is 9.47 Å². The molecule has 1 unspecified atom stereocenters. The molecule has 0 radical (unpaired) electrons. The summed E-state index contributed by atoms with van der Waals surface area (Å²) < 4.78 is 10.3. The number of esters is 1. The molecular weight excluding hydrogens is 566 g/mol. The van der Waals surface area contributed by atoms with E-state index in [2.05, 4.69) is 11.1 Å². The third-order valence-corrected chi connectivity index (χ3v) is 7.96. The van der Waals surface area contributed by atoms with Crippen molar-refractivity contribution in [1.82, 2.24) is 4.98 Å². The normalized spacial score (nSPS) is 14.3. The maximum absolute atomic E-state index is 13.3. The second-order valence-electron chi connectivity index (χ2n) is 9.68. The van der Waals surface area contributed by atoms with Crippen molar-refractivity contribution in [1.29, 1.82) is 5.26 Å². The Morgan fingerprint density at radius 1 is 1.00 bits per heavy atom. The highest BCUT2D eigenvalue weighted by molar-refractivity contribution is 8.00. The van der Waals surface area contributed by atoms with Crippen LogP contribution in [0.1, 0.15) is 38.3 Å². The summed E-state index contributed by atoms with van der Waals surface area (Å²) in [5.74, 6) is -1.45. The number of thioether (sulfide) groups is 1. The number of ether oxygens (including phenoxy) is 2. The quantitative estimate of drug-likeness (QED) is 0.143. The van der Waals surface area contributed by atoms with E-state index in [1.54, 1.807) is 36.4 Å². The standard InChI is InChI=1S/C33H25N3O6S/c1-20-6-8-21(9-7-20)27-15-12-24(18-34)31(35-27)43-29-17-30(38)36(32(29)39)25-13-10-22(11-14-25)33(40)42-19-28(37)23-4-3-5-26(16-23)41-2/h3-16,29H,17,19H2,1-2H3. The Kier molecular flexibility index (Phi) is 8.64.